The van der Waals surface area contributed by atoms with Gasteiger partial charge in [-0.25, -0.2) is 0 Å². The summed E-state index contributed by atoms with van der Waals surface area (Å²) in [4.78, 5) is 13.3. The SMILES string of the molecule is CC/C=C\C/C=C\C/C=C\C/C=C\C/C=C\C/C=C\C/C=C\C/C=C\C/C=C\C/C=C\CCCCCCCCCCCCC(=O)NC(COC1OC(CO)C(OC2OC(CO)C(O)C(O)C2O)C(O)C1O)C(O)CCCCCCCCCCCCCCC. The maximum absolute atomic E-state index is 13.3. The predicted molar refractivity (Wildman–Crippen MR) is 359 cm³/mol. The van der Waals surface area contributed by atoms with Crippen molar-refractivity contribution in [2.45, 2.75) is 319 Å². The van der Waals surface area contributed by atoms with Crippen molar-refractivity contribution in [1.29, 1.82) is 0 Å². The third-order valence-electron chi connectivity index (χ3n) is 16.2. The van der Waals surface area contributed by atoms with Gasteiger partial charge in [-0.3, -0.25) is 4.79 Å². The first-order valence-electron chi connectivity index (χ1n) is 34.8. The first-order valence-corrected chi connectivity index (χ1v) is 34.8. The number of amides is 1. The average molecular weight is 1240 g/mol. The zero-order chi connectivity index (χ0) is 63.8. The van der Waals surface area contributed by atoms with Crippen LogP contribution in [0, 0.1) is 0 Å². The summed E-state index contributed by atoms with van der Waals surface area (Å²) in [5.74, 6) is -0.216. The molecule has 2 saturated heterocycles. The number of rotatable bonds is 55. The van der Waals surface area contributed by atoms with Crippen LogP contribution in [0.3, 0.4) is 0 Å². The summed E-state index contributed by atoms with van der Waals surface area (Å²) in [6.45, 7) is 2.73. The lowest BCUT2D eigenvalue weighted by molar-refractivity contribution is -0.359. The highest BCUT2D eigenvalue weighted by Gasteiger charge is 2.51. The van der Waals surface area contributed by atoms with Gasteiger partial charge in [0.1, 0.15) is 48.8 Å². The minimum absolute atomic E-state index is 0.216. The Hall–Kier alpha value is -3.61. The van der Waals surface area contributed by atoms with Crippen LogP contribution in [0.15, 0.2) is 122 Å². The molecule has 1 amide bonds. The van der Waals surface area contributed by atoms with Gasteiger partial charge in [-0.05, 0) is 89.9 Å². The Balaban J connectivity index is 1.59. The molecule has 2 heterocycles. The van der Waals surface area contributed by atoms with Gasteiger partial charge < -0.3 is 65.1 Å². The number of ether oxygens (including phenoxy) is 4. The van der Waals surface area contributed by atoms with Crippen LogP contribution in [-0.4, -0.2) is 140 Å². The number of allylic oxidation sites excluding steroid dienone is 20. The average Bonchev–Trinajstić information content (AvgIpc) is 2.45. The molecule has 2 aliphatic rings. The summed E-state index contributed by atoms with van der Waals surface area (Å²) < 4.78 is 22.9. The lowest BCUT2D eigenvalue weighted by atomic mass is 9.97. The molecule has 14 nitrogen and oxygen atoms in total. The molecule has 2 fully saturated rings. The zero-order valence-electron chi connectivity index (χ0n) is 54.7. The molecular weight excluding hydrogens is 1110 g/mol. The summed E-state index contributed by atoms with van der Waals surface area (Å²) in [6, 6.07) is -0.838. The molecule has 2 rings (SSSR count). The number of nitrogens with one attached hydrogen (secondary N) is 1. The minimum atomic E-state index is -1.79. The van der Waals surface area contributed by atoms with Gasteiger partial charge in [0.15, 0.2) is 12.6 Å². The van der Waals surface area contributed by atoms with E-state index in [1.165, 1.54) is 96.3 Å². The number of hydrogen-bond donors (Lipinski definition) is 9. The summed E-state index contributed by atoms with van der Waals surface area (Å²) in [5, 5.41) is 87.4. The van der Waals surface area contributed by atoms with E-state index in [0.29, 0.717) is 19.3 Å². The molecule has 0 radical (unpaired) electrons. The number of aliphatic hydroxyl groups excluding tert-OH is 8. The highest BCUT2D eigenvalue weighted by atomic mass is 16.7. The second-order valence-corrected chi connectivity index (χ2v) is 23.9. The smallest absolute Gasteiger partial charge is 0.220 e. The molecular formula is C74H125NO13. The maximum Gasteiger partial charge on any atom is 0.220 e. The molecule has 12 unspecified atom stereocenters. The first-order chi connectivity index (χ1) is 43.1. The normalized spacial score (nSPS) is 23.9. The van der Waals surface area contributed by atoms with Gasteiger partial charge in [-0.2, -0.15) is 0 Å². The zero-order valence-corrected chi connectivity index (χ0v) is 54.7. The third-order valence-corrected chi connectivity index (χ3v) is 16.2. The highest BCUT2D eigenvalue weighted by molar-refractivity contribution is 5.76. The lowest BCUT2D eigenvalue weighted by Crippen LogP contribution is -2.65. The Morgan fingerprint density at radius 2 is 0.784 bits per heavy atom. The van der Waals surface area contributed by atoms with E-state index in [2.05, 4.69) is 141 Å². The number of carbonyl (C=O) groups excluding carboxylic acids is 1. The first kappa shape index (κ1) is 80.5. The molecule has 12 atom stereocenters. The van der Waals surface area contributed by atoms with Crippen molar-refractivity contribution >= 4 is 5.91 Å². The van der Waals surface area contributed by atoms with Crippen LogP contribution in [0.1, 0.15) is 245 Å². The van der Waals surface area contributed by atoms with Gasteiger partial charge in [0.2, 0.25) is 5.91 Å². The minimum Gasteiger partial charge on any atom is -0.394 e. The number of unbranched alkanes of at least 4 members (excludes halogenated alkanes) is 22. The Labute approximate surface area is 533 Å². The van der Waals surface area contributed by atoms with E-state index in [-0.39, 0.29) is 12.5 Å². The number of carbonyl (C=O) groups is 1. The quantitative estimate of drug-likeness (QED) is 0.0204. The molecule has 0 spiro atoms. The molecule has 0 bridgehead atoms. The molecule has 0 aromatic carbocycles. The van der Waals surface area contributed by atoms with E-state index < -0.39 is 86.8 Å². The standard InChI is InChI=1S/C74H125NO13/c1-3-5-7-9-11-13-15-17-18-19-20-21-22-23-24-25-26-27-28-29-30-31-32-33-34-35-36-37-38-39-40-41-42-43-44-46-48-50-52-54-56-58-66(79)75-62(63(78)57-55-53-51-49-47-45-16-14-12-10-8-6-4-2)61-85-73-71(84)69(82)72(65(60-77)87-73)88-74-70(83)68(81)67(80)64(59-76)86-74/h5,7,11,13,17-18,20-21,23-24,26-27,29-30,32-33,35-36,38-39,62-65,67-74,76-78,80-84H,3-4,6,8-10,12,14-16,19,22,25,28,31,34,37,40-61H2,1-2H3,(H,75,79)/b7-5-,13-11-,18-17-,21-20-,24-23-,27-26-,30-29-,33-32-,36-35-,39-38-. The van der Waals surface area contributed by atoms with Crippen molar-refractivity contribution in [3.8, 4) is 0 Å². The van der Waals surface area contributed by atoms with Gasteiger partial charge in [0.05, 0.1) is 32.0 Å². The number of aliphatic hydroxyl groups is 8. The molecule has 0 saturated carbocycles. The van der Waals surface area contributed by atoms with Gasteiger partial charge in [-0.1, -0.05) is 270 Å². The van der Waals surface area contributed by atoms with E-state index >= 15 is 0 Å². The molecule has 0 aliphatic carbocycles. The van der Waals surface area contributed by atoms with Crippen molar-refractivity contribution in [2.24, 2.45) is 0 Å². The van der Waals surface area contributed by atoms with E-state index in [1.807, 2.05) is 0 Å². The van der Waals surface area contributed by atoms with Crippen LogP contribution in [0.4, 0.5) is 0 Å². The second-order valence-electron chi connectivity index (χ2n) is 23.9. The van der Waals surface area contributed by atoms with Gasteiger partial charge >= 0.3 is 0 Å². The molecule has 9 N–H and O–H groups in total. The van der Waals surface area contributed by atoms with Crippen LogP contribution in [0.2, 0.25) is 0 Å². The summed E-state index contributed by atoms with van der Waals surface area (Å²) >= 11 is 0. The van der Waals surface area contributed by atoms with Crippen molar-refractivity contribution < 1.29 is 64.6 Å². The predicted octanol–water partition coefficient (Wildman–Crippen LogP) is 14.1. The van der Waals surface area contributed by atoms with E-state index in [4.69, 9.17) is 18.9 Å². The highest BCUT2D eigenvalue weighted by Crippen LogP contribution is 2.30. The van der Waals surface area contributed by atoms with E-state index in [9.17, 15) is 45.6 Å². The lowest BCUT2D eigenvalue weighted by Gasteiger charge is -2.46. The van der Waals surface area contributed by atoms with Crippen molar-refractivity contribution in [3.63, 3.8) is 0 Å². The molecule has 504 valence electrons. The Morgan fingerprint density at radius 1 is 0.420 bits per heavy atom. The van der Waals surface area contributed by atoms with Crippen LogP contribution < -0.4 is 5.32 Å². The molecule has 2 aliphatic heterocycles. The summed E-state index contributed by atoms with van der Waals surface area (Å²) in [7, 11) is 0. The fourth-order valence-corrected chi connectivity index (χ4v) is 10.7. The van der Waals surface area contributed by atoms with Crippen molar-refractivity contribution in [3.05, 3.63) is 122 Å². The van der Waals surface area contributed by atoms with E-state index in [0.717, 1.165) is 116 Å². The van der Waals surface area contributed by atoms with Crippen molar-refractivity contribution in [1.82, 2.24) is 5.32 Å². The Morgan fingerprint density at radius 3 is 1.20 bits per heavy atom. The second kappa shape index (κ2) is 57.3. The fraction of sp³-hybridized carbons (Fsp3) is 0.716. The Kier molecular flexibility index (Phi) is 52.4. The number of hydrogen-bond acceptors (Lipinski definition) is 13. The fourth-order valence-electron chi connectivity index (χ4n) is 10.7. The monoisotopic (exact) mass is 1240 g/mol. The van der Waals surface area contributed by atoms with Gasteiger partial charge in [-0.15, -0.1) is 0 Å². The topological polar surface area (TPSA) is 228 Å². The van der Waals surface area contributed by atoms with Gasteiger partial charge in [0, 0.05) is 6.42 Å². The molecule has 0 aromatic heterocycles. The van der Waals surface area contributed by atoms with E-state index in [1.54, 1.807) is 0 Å². The van der Waals surface area contributed by atoms with Crippen molar-refractivity contribution in [2.75, 3.05) is 19.8 Å². The van der Waals surface area contributed by atoms with Crippen LogP contribution in [0.5, 0.6) is 0 Å². The molecule has 14 heteroatoms. The van der Waals surface area contributed by atoms with Crippen LogP contribution >= 0.6 is 0 Å². The molecule has 0 aromatic rings. The third kappa shape index (κ3) is 41.0. The van der Waals surface area contributed by atoms with Crippen LogP contribution in [-0.2, 0) is 23.7 Å². The van der Waals surface area contributed by atoms with Crippen LogP contribution in [0.25, 0.3) is 0 Å². The summed E-state index contributed by atoms with van der Waals surface area (Å²) in [6.07, 6.45) is 66.5. The Bertz CT molecular complexity index is 1940. The molecule has 88 heavy (non-hydrogen) atoms. The van der Waals surface area contributed by atoms with Gasteiger partial charge in [0.25, 0.3) is 0 Å². The summed E-state index contributed by atoms with van der Waals surface area (Å²) in [5.41, 5.74) is 0. The largest absolute Gasteiger partial charge is 0.394 e. The maximum atomic E-state index is 13.3.